The van der Waals surface area contributed by atoms with E-state index in [9.17, 15) is 0 Å². The van der Waals surface area contributed by atoms with Crippen LogP contribution in [0.2, 0.25) is 5.02 Å². The number of likely N-dealkylation sites (N-methyl/N-ethyl adjacent to an activating group) is 1. The molecule has 24 heavy (non-hydrogen) atoms. The Hall–Kier alpha value is -2.12. The number of nitrogens with zero attached hydrogens (tertiary/aromatic N) is 5. The molecule has 1 aliphatic heterocycles. The summed E-state index contributed by atoms with van der Waals surface area (Å²) in [7, 11) is 1.62. The van der Waals surface area contributed by atoms with Crippen LogP contribution in [0.15, 0.2) is 24.4 Å². The number of ether oxygens (including phenoxy) is 1. The van der Waals surface area contributed by atoms with Crippen LogP contribution < -0.4 is 15.0 Å². The maximum absolute atomic E-state index is 6.06. The lowest BCUT2D eigenvalue weighted by atomic mass is 10.3. The van der Waals surface area contributed by atoms with Gasteiger partial charge < -0.3 is 19.9 Å². The van der Waals surface area contributed by atoms with Crippen molar-refractivity contribution in [1.82, 2.24) is 20.1 Å². The number of halogens is 1. The number of rotatable bonds is 5. The van der Waals surface area contributed by atoms with Crippen LogP contribution in [0.25, 0.3) is 0 Å². The SMILES string of the molecule is CCN1CCN(c2nncc(Nc3cc(Cl)ccc3OC)n2)CC1. The molecule has 1 aromatic heterocycles. The van der Waals surface area contributed by atoms with Crippen molar-refractivity contribution in [2.75, 3.05) is 50.1 Å². The summed E-state index contributed by atoms with van der Waals surface area (Å²) in [6.45, 7) is 7.08. The molecule has 2 aromatic rings. The second-order valence-corrected chi connectivity index (χ2v) is 5.97. The molecule has 3 rings (SSSR count). The van der Waals surface area contributed by atoms with Gasteiger partial charge in [-0.25, -0.2) is 0 Å². The molecule has 0 atom stereocenters. The molecule has 1 aromatic carbocycles. The van der Waals surface area contributed by atoms with Crippen LogP contribution in [0.3, 0.4) is 0 Å². The Bertz CT molecular complexity index is 690. The molecular formula is C16H21ClN6O. The lowest BCUT2D eigenvalue weighted by molar-refractivity contribution is 0.269. The lowest BCUT2D eigenvalue weighted by Gasteiger charge is -2.33. The summed E-state index contributed by atoms with van der Waals surface area (Å²) >= 11 is 6.06. The van der Waals surface area contributed by atoms with Crippen LogP contribution in [-0.2, 0) is 0 Å². The van der Waals surface area contributed by atoms with Crippen LogP contribution >= 0.6 is 11.6 Å². The molecule has 0 radical (unpaired) electrons. The van der Waals surface area contributed by atoms with E-state index in [0.717, 1.165) is 38.4 Å². The maximum atomic E-state index is 6.06. The molecule has 0 unspecified atom stereocenters. The first-order valence-corrected chi connectivity index (χ1v) is 8.35. The van der Waals surface area contributed by atoms with Crippen LogP contribution in [0.1, 0.15) is 6.92 Å². The first-order valence-electron chi connectivity index (χ1n) is 7.97. The van der Waals surface area contributed by atoms with Crippen LogP contribution in [-0.4, -0.2) is 59.9 Å². The van der Waals surface area contributed by atoms with Crippen LogP contribution in [0, 0.1) is 0 Å². The highest BCUT2D eigenvalue weighted by molar-refractivity contribution is 6.31. The number of piperazine rings is 1. The topological polar surface area (TPSA) is 66.4 Å². The molecule has 1 aliphatic rings. The summed E-state index contributed by atoms with van der Waals surface area (Å²) in [5.41, 5.74) is 0.743. The van der Waals surface area contributed by atoms with E-state index in [1.165, 1.54) is 0 Å². The largest absolute Gasteiger partial charge is 0.495 e. The monoisotopic (exact) mass is 348 g/mol. The summed E-state index contributed by atoms with van der Waals surface area (Å²) in [5.74, 6) is 1.94. The van der Waals surface area contributed by atoms with Gasteiger partial charge in [0.05, 0.1) is 19.0 Å². The van der Waals surface area contributed by atoms with Crippen molar-refractivity contribution in [3.63, 3.8) is 0 Å². The van der Waals surface area contributed by atoms with Gasteiger partial charge in [-0.15, -0.1) is 5.10 Å². The van der Waals surface area contributed by atoms with Gasteiger partial charge in [0.25, 0.3) is 0 Å². The molecule has 0 amide bonds. The third-order valence-corrected chi connectivity index (χ3v) is 4.31. The number of hydrogen-bond acceptors (Lipinski definition) is 7. The summed E-state index contributed by atoms with van der Waals surface area (Å²) < 4.78 is 5.34. The quantitative estimate of drug-likeness (QED) is 0.890. The fraction of sp³-hybridized carbons (Fsp3) is 0.438. The van der Waals surface area contributed by atoms with Gasteiger partial charge in [-0.2, -0.15) is 10.1 Å². The van der Waals surface area contributed by atoms with Gasteiger partial charge in [0.2, 0.25) is 5.95 Å². The van der Waals surface area contributed by atoms with Gasteiger partial charge in [-0.1, -0.05) is 18.5 Å². The number of nitrogens with one attached hydrogen (secondary N) is 1. The van der Waals surface area contributed by atoms with Crippen molar-refractivity contribution >= 4 is 29.1 Å². The second kappa shape index (κ2) is 7.63. The highest BCUT2D eigenvalue weighted by Gasteiger charge is 2.18. The van der Waals surface area contributed by atoms with Gasteiger partial charge in [0.15, 0.2) is 5.82 Å². The Morgan fingerprint density at radius 1 is 1.25 bits per heavy atom. The zero-order chi connectivity index (χ0) is 16.9. The molecule has 1 saturated heterocycles. The summed E-state index contributed by atoms with van der Waals surface area (Å²) in [5, 5.41) is 12.1. The van der Waals surface area contributed by atoms with Gasteiger partial charge in [-0.3, -0.25) is 0 Å². The molecule has 0 saturated carbocycles. The second-order valence-electron chi connectivity index (χ2n) is 5.53. The normalized spacial score (nSPS) is 15.4. The minimum Gasteiger partial charge on any atom is -0.495 e. The minimum absolute atomic E-state index is 0.610. The molecule has 7 nitrogen and oxygen atoms in total. The van der Waals surface area contributed by atoms with Crippen LogP contribution in [0.4, 0.5) is 17.5 Å². The summed E-state index contributed by atoms with van der Waals surface area (Å²) in [6.07, 6.45) is 1.59. The molecule has 0 aliphatic carbocycles. The standard InChI is InChI=1S/C16H21ClN6O/c1-3-22-6-8-23(9-7-22)16-20-15(11-18-21-16)19-13-10-12(17)4-5-14(13)24-2/h4-5,10-11H,3,6-9H2,1-2H3,(H,19,20,21). The van der Waals surface area contributed by atoms with Gasteiger partial charge in [0, 0.05) is 31.2 Å². The molecule has 8 heteroatoms. The highest BCUT2D eigenvalue weighted by Crippen LogP contribution is 2.30. The number of aromatic nitrogens is 3. The maximum Gasteiger partial charge on any atom is 0.247 e. The molecule has 1 fully saturated rings. The van der Waals surface area contributed by atoms with E-state index in [4.69, 9.17) is 16.3 Å². The van der Waals surface area contributed by atoms with Crippen molar-refractivity contribution < 1.29 is 4.74 Å². The van der Waals surface area contributed by atoms with E-state index in [2.05, 4.69) is 37.2 Å². The van der Waals surface area contributed by atoms with E-state index in [1.54, 1.807) is 25.4 Å². The number of anilines is 3. The van der Waals surface area contributed by atoms with E-state index >= 15 is 0 Å². The third-order valence-electron chi connectivity index (χ3n) is 4.07. The van der Waals surface area contributed by atoms with Gasteiger partial charge >= 0.3 is 0 Å². The van der Waals surface area contributed by atoms with E-state index in [0.29, 0.717) is 22.5 Å². The zero-order valence-corrected chi connectivity index (χ0v) is 14.6. The Morgan fingerprint density at radius 2 is 2.04 bits per heavy atom. The average molecular weight is 349 g/mol. The molecule has 128 valence electrons. The van der Waals surface area contributed by atoms with Crippen LogP contribution in [0.5, 0.6) is 5.75 Å². The third kappa shape index (κ3) is 3.85. The van der Waals surface area contributed by atoms with Crippen molar-refractivity contribution in [2.24, 2.45) is 0 Å². The molecule has 0 bridgehead atoms. The predicted octanol–water partition coefficient (Wildman–Crippen LogP) is 2.42. The van der Waals surface area contributed by atoms with Crippen molar-refractivity contribution in [1.29, 1.82) is 0 Å². The van der Waals surface area contributed by atoms with Crippen molar-refractivity contribution in [2.45, 2.75) is 6.92 Å². The number of benzene rings is 1. The molecule has 2 heterocycles. The Labute approximate surface area is 146 Å². The van der Waals surface area contributed by atoms with Crippen molar-refractivity contribution in [3.8, 4) is 5.75 Å². The Balaban J connectivity index is 1.75. The average Bonchev–Trinajstić information content (AvgIpc) is 2.62. The Kier molecular flexibility index (Phi) is 5.32. The van der Waals surface area contributed by atoms with Gasteiger partial charge in [0.1, 0.15) is 5.75 Å². The fourth-order valence-electron chi connectivity index (χ4n) is 2.67. The zero-order valence-electron chi connectivity index (χ0n) is 13.9. The van der Waals surface area contributed by atoms with E-state index in [-0.39, 0.29) is 0 Å². The first kappa shape index (κ1) is 16.7. The highest BCUT2D eigenvalue weighted by atomic mass is 35.5. The van der Waals surface area contributed by atoms with E-state index in [1.807, 2.05) is 6.07 Å². The first-order chi connectivity index (χ1) is 11.7. The van der Waals surface area contributed by atoms with E-state index < -0.39 is 0 Å². The minimum atomic E-state index is 0.610. The fourth-order valence-corrected chi connectivity index (χ4v) is 2.84. The number of methoxy groups -OCH3 is 1. The molecule has 1 N–H and O–H groups in total. The van der Waals surface area contributed by atoms with Gasteiger partial charge in [-0.05, 0) is 24.7 Å². The number of hydrogen-bond donors (Lipinski definition) is 1. The van der Waals surface area contributed by atoms with Crippen molar-refractivity contribution in [3.05, 3.63) is 29.4 Å². The lowest BCUT2D eigenvalue weighted by Crippen LogP contribution is -2.46. The summed E-state index contributed by atoms with van der Waals surface area (Å²) in [6, 6.07) is 5.38. The Morgan fingerprint density at radius 3 is 2.75 bits per heavy atom. The summed E-state index contributed by atoms with van der Waals surface area (Å²) in [4.78, 5) is 9.13. The smallest absolute Gasteiger partial charge is 0.247 e. The predicted molar refractivity (Wildman–Crippen MR) is 95.4 cm³/mol. The molecule has 0 spiro atoms. The molecular weight excluding hydrogens is 328 g/mol.